The van der Waals surface area contributed by atoms with Crippen molar-refractivity contribution in [2.24, 2.45) is 0 Å². The van der Waals surface area contributed by atoms with Crippen LogP contribution in [0.25, 0.3) is 10.9 Å². The summed E-state index contributed by atoms with van der Waals surface area (Å²) >= 11 is 0. The van der Waals surface area contributed by atoms with Gasteiger partial charge in [0.25, 0.3) is 5.91 Å². The molecule has 2 heterocycles. The van der Waals surface area contributed by atoms with Crippen molar-refractivity contribution in [2.45, 2.75) is 0 Å². The molecule has 2 aromatic carbocycles. The fourth-order valence-corrected chi connectivity index (χ4v) is 3.07. The number of rotatable bonds is 3. The smallest absolute Gasteiger partial charge is 0.258 e. The zero-order chi connectivity index (χ0) is 18.8. The van der Waals surface area contributed by atoms with Gasteiger partial charge in [0.1, 0.15) is 17.2 Å². The number of halogens is 2. The van der Waals surface area contributed by atoms with E-state index >= 15 is 0 Å². The molecule has 0 unspecified atom stereocenters. The van der Waals surface area contributed by atoms with Crippen LogP contribution in [0, 0.1) is 11.6 Å². The number of amides is 1. The van der Waals surface area contributed by atoms with Gasteiger partial charge >= 0.3 is 0 Å². The first kappa shape index (κ1) is 17.4. The average Bonchev–Trinajstić information content (AvgIpc) is 2.69. The van der Waals surface area contributed by atoms with Crippen LogP contribution >= 0.6 is 0 Å². The highest BCUT2D eigenvalue weighted by molar-refractivity contribution is 6.05. The molecular weight excluding hydrogens is 352 g/mol. The number of ether oxygens (including phenoxy) is 1. The van der Waals surface area contributed by atoms with Gasteiger partial charge in [-0.05, 0) is 36.4 Å². The van der Waals surface area contributed by atoms with Crippen molar-refractivity contribution in [3.63, 3.8) is 0 Å². The minimum atomic E-state index is -0.634. The molecule has 138 valence electrons. The second-order valence-electron chi connectivity index (χ2n) is 6.23. The van der Waals surface area contributed by atoms with Gasteiger partial charge in [0, 0.05) is 24.2 Å². The minimum absolute atomic E-state index is 0.0983. The van der Waals surface area contributed by atoms with Crippen LogP contribution in [0.4, 0.5) is 20.3 Å². The first-order chi connectivity index (χ1) is 13.1. The maximum absolute atomic E-state index is 14.6. The van der Waals surface area contributed by atoms with Crippen LogP contribution in [0.1, 0.15) is 10.4 Å². The van der Waals surface area contributed by atoms with Gasteiger partial charge in [-0.15, -0.1) is 0 Å². The summed E-state index contributed by atoms with van der Waals surface area (Å²) in [6, 6.07) is 12.0. The Morgan fingerprint density at radius 2 is 1.81 bits per heavy atom. The molecule has 7 heteroatoms. The molecule has 1 fully saturated rings. The third-order valence-electron chi connectivity index (χ3n) is 4.44. The lowest BCUT2D eigenvalue weighted by Gasteiger charge is -2.28. The summed E-state index contributed by atoms with van der Waals surface area (Å²) in [6.07, 6.45) is 0. The van der Waals surface area contributed by atoms with Crippen LogP contribution < -0.4 is 10.2 Å². The van der Waals surface area contributed by atoms with E-state index in [0.29, 0.717) is 37.5 Å². The number of hydrogen-bond acceptors (Lipinski definition) is 4. The third kappa shape index (κ3) is 3.59. The van der Waals surface area contributed by atoms with Crippen molar-refractivity contribution in [3.8, 4) is 0 Å². The normalized spacial score (nSPS) is 14.4. The van der Waals surface area contributed by atoms with Crippen molar-refractivity contribution < 1.29 is 18.3 Å². The Bertz CT molecular complexity index is 1000. The molecule has 1 N–H and O–H groups in total. The Kier molecular flexibility index (Phi) is 4.68. The maximum Gasteiger partial charge on any atom is 0.258 e. The first-order valence-electron chi connectivity index (χ1n) is 8.61. The molecule has 1 saturated heterocycles. The molecule has 3 aromatic rings. The first-order valence-corrected chi connectivity index (χ1v) is 8.61. The zero-order valence-corrected chi connectivity index (χ0v) is 14.4. The Balaban J connectivity index is 1.62. The van der Waals surface area contributed by atoms with Crippen LogP contribution in [-0.2, 0) is 4.74 Å². The lowest BCUT2D eigenvalue weighted by Crippen LogP contribution is -2.36. The number of benzene rings is 2. The number of carbonyl (C=O) groups is 1. The van der Waals surface area contributed by atoms with E-state index in [2.05, 4.69) is 10.3 Å². The maximum atomic E-state index is 14.6. The molecule has 4 rings (SSSR count). The lowest BCUT2D eigenvalue weighted by atomic mass is 10.1. The van der Waals surface area contributed by atoms with Gasteiger partial charge in [0.2, 0.25) is 0 Å². The molecule has 27 heavy (non-hydrogen) atoms. The lowest BCUT2D eigenvalue weighted by molar-refractivity contribution is 0.102. The van der Waals surface area contributed by atoms with Crippen LogP contribution in [-0.4, -0.2) is 37.2 Å². The van der Waals surface area contributed by atoms with E-state index in [1.807, 2.05) is 11.0 Å². The molecule has 0 spiro atoms. The predicted molar refractivity (Wildman–Crippen MR) is 99.1 cm³/mol. The molecule has 0 atom stereocenters. The molecule has 0 saturated carbocycles. The zero-order valence-electron chi connectivity index (χ0n) is 14.4. The molecule has 1 aliphatic rings. The second-order valence-corrected chi connectivity index (χ2v) is 6.23. The molecule has 0 radical (unpaired) electrons. The Morgan fingerprint density at radius 3 is 2.59 bits per heavy atom. The van der Waals surface area contributed by atoms with Gasteiger partial charge in [0.15, 0.2) is 5.82 Å². The molecule has 0 aliphatic carbocycles. The van der Waals surface area contributed by atoms with Crippen LogP contribution in [0.2, 0.25) is 0 Å². The summed E-state index contributed by atoms with van der Waals surface area (Å²) in [4.78, 5) is 18.7. The fraction of sp³-hybridized carbons (Fsp3) is 0.200. The highest BCUT2D eigenvalue weighted by Gasteiger charge is 2.16. The fourth-order valence-electron chi connectivity index (χ4n) is 3.07. The van der Waals surface area contributed by atoms with Gasteiger partial charge in [-0.25, -0.2) is 13.8 Å². The van der Waals surface area contributed by atoms with Crippen molar-refractivity contribution in [1.29, 1.82) is 0 Å². The average molecular weight is 369 g/mol. The van der Waals surface area contributed by atoms with Crippen LogP contribution in [0.15, 0.2) is 48.5 Å². The topological polar surface area (TPSA) is 54.5 Å². The highest BCUT2D eigenvalue weighted by Crippen LogP contribution is 2.25. The van der Waals surface area contributed by atoms with Gasteiger partial charge in [0.05, 0.1) is 18.8 Å². The van der Waals surface area contributed by atoms with Gasteiger partial charge < -0.3 is 15.0 Å². The molecule has 1 aliphatic heterocycles. The number of fused-ring (bicyclic) bond motifs is 1. The number of aromatic nitrogens is 1. The van der Waals surface area contributed by atoms with E-state index < -0.39 is 17.5 Å². The monoisotopic (exact) mass is 369 g/mol. The van der Waals surface area contributed by atoms with Crippen molar-refractivity contribution in [1.82, 2.24) is 4.98 Å². The van der Waals surface area contributed by atoms with Crippen LogP contribution in [0.5, 0.6) is 0 Å². The summed E-state index contributed by atoms with van der Waals surface area (Å²) in [5, 5.41) is 3.09. The summed E-state index contributed by atoms with van der Waals surface area (Å²) in [7, 11) is 0. The largest absolute Gasteiger partial charge is 0.378 e. The molecule has 1 amide bonds. The molecule has 0 bridgehead atoms. The van der Waals surface area contributed by atoms with Crippen molar-refractivity contribution in [3.05, 3.63) is 65.7 Å². The quantitative estimate of drug-likeness (QED) is 0.766. The van der Waals surface area contributed by atoms with Gasteiger partial charge in [-0.1, -0.05) is 12.1 Å². The van der Waals surface area contributed by atoms with Gasteiger partial charge in [-0.3, -0.25) is 4.79 Å². The van der Waals surface area contributed by atoms with E-state index in [1.54, 1.807) is 18.2 Å². The standard InChI is InChI=1S/C20H17F2N3O2/c21-16-4-2-1-3-15(16)20(26)23-14-11-13-5-6-18(24-19(13)17(22)12-14)25-7-9-27-10-8-25/h1-6,11-12H,7-10H2,(H,23,26). The number of pyridine rings is 1. The van der Waals surface area contributed by atoms with Crippen molar-refractivity contribution in [2.75, 3.05) is 36.5 Å². The van der Waals surface area contributed by atoms with E-state index in [1.165, 1.54) is 24.3 Å². The van der Waals surface area contributed by atoms with E-state index in [9.17, 15) is 13.6 Å². The number of anilines is 2. The van der Waals surface area contributed by atoms with Gasteiger partial charge in [-0.2, -0.15) is 0 Å². The molecule has 1 aromatic heterocycles. The van der Waals surface area contributed by atoms with E-state index in [4.69, 9.17) is 4.74 Å². The van der Waals surface area contributed by atoms with E-state index in [0.717, 1.165) is 0 Å². The molecular formula is C20H17F2N3O2. The highest BCUT2D eigenvalue weighted by atomic mass is 19.1. The Morgan fingerprint density at radius 1 is 1.04 bits per heavy atom. The van der Waals surface area contributed by atoms with Crippen molar-refractivity contribution >= 4 is 28.3 Å². The Labute approximate surface area is 154 Å². The number of nitrogens with zero attached hydrogens (tertiary/aromatic N) is 2. The number of nitrogens with one attached hydrogen (secondary N) is 1. The number of carbonyl (C=O) groups excluding carboxylic acids is 1. The number of hydrogen-bond donors (Lipinski definition) is 1. The SMILES string of the molecule is O=C(Nc1cc(F)c2nc(N3CCOCC3)ccc2c1)c1ccccc1F. The summed E-state index contributed by atoms with van der Waals surface area (Å²) < 4.78 is 33.7. The second kappa shape index (κ2) is 7.28. The molecule has 5 nitrogen and oxygen atoms in total. The third-order valence-corrected chi connectivity index (χ3v) is 4.44. The van der Waals surface area contributed by atoms with E-state index in [-0.39, 0.29) is 16.8 Å². The predicted octanol–water partition coefficient (Wildman–Crippen LogP) is 3.60. The minimum Gasteiger partial charge on any atom is -0.378 e. The van der Waals surface area contributed by atoms with Crippen LogP contribution in [0.3, 0.4) is 0 Å². The Hall–Kier alpha value is -3.06. The summed E-state index contributed by atoms with van der Waals surface area (Å²) in [5.41, 5.74) is 0.371. The summed E-state index contributed by atoms with van der Waals surface area (Å²) in [6.45, 7) is 2.64. The number of morpholine rings is 1. The summed E-state index contributed by atoms with van der Waals surface area (Å²) in [5.74, 6) is -1.13.